The topological polar surface area (TPSA) is 20.3 Å². The number of hydrogen-bond donors (Lipinski definition) is 0. The van der Waals surface area contributed by atoms with E-state index in [0.717, 1.165) is 38.7 Å². The highest BCUT2D eigenvalue weighted by molar-refractivity contribution is 7.99. The van der Waals surface area contributed by atoms with E-state index >= 15 is 0 Å². The highest BCUT2D eigenvalue weighted by atomic mass is 32.2. The molecule has 18 heavy (non-hydrogen) atoms. The fourth-order valence-corrected chi connectivity index (χ4v) is 3.20. The van der Waals surface area contributed by atoms with Gasteiger partial charge in [-0.1, -0.05) is 23.9 Å². The molecule has 0 bridgehead atoms. The highest BCUT2D eigenvalue weighted by Gasteiger charge is 2.22. The van der Waals surface area contributed by atoms with Gasteiger partial charge in [0.1, 0.15) is 0 Å². The van der Waals surface area contributed by atoms with Gasteiger partial charge in [-0.2, -0.15) is 0 Å². The molecule has 0 saturated heterocycles. The third kappa shape index (κ3) is 1.71. The first-order valence-corrected chi connectivity index (χ1v) is 6.64. The lowest BCUT2D eigenvalue weighted by atomic mass is 10.1. The number of rotatable bonds is 1. The fraction of sp³-hybridized carbons (Fsp3) is 0.133. The van der Waals surface area contributed by atoms with Gasteiger partial charge in [-0.25, -0.2) is 0 Å². The first-order valence-electron chi connectivity index (χ1n) is 5.83. The third-order valence-electron chi connectivity index (χ3n) is 3.07. The number of hydrogen-bond acceptors (Lipinski definition) is 2. The normalized spacial score (nSPS) is 12.9. The van der Waals surface area contributed by atoms with Crippen molar-refractivity contribution in [3.05, 3.63) is 47.5 Å². The summed E-state index contributed by atoms with van der Waals surface area (Å²) in [4.78, 5) is 15.4. The Labute approximate surface area is 111 Å². The first-order chi connectivity index (χ1) is 8.69. The molecule has 1 amide bonds. The fourth-order valence-electron chi connectivity index (χ4n) is 2.17. The summed E-state index contributed by atoms with van der Waals surface area (Å²) in [6.45, 7) is 4.08. The SMILES string of the molecule is Cc1ccc2c(c1)N(C=O)c1cc(C)ccc1S2. The average molecular weight is 255 g/mol. The van der Waals surface area contributed by atoms with E-state index < -0.39 is 0 Å². The summed E-state index contributed by atoms with van der Waals surface area (Å²) in [6, 6.07) is 12.4. The summed E-state index contributed by atoms with van der Waals surface area (Å²) in [5, 5.41) is 0. The maximum absolute atomic E-state index is 11.4. The summed E-state index contributed by atoms with van der Waals surface area (Å²) in [7, 11) is 0. The van der Waals surface area contributed by atoms with Crippen LogP contribution in [0.3, 0.4) is 0 Å². The van der Waals surface area contributed by atoms with Crippen LogP contribution in [0.25, 0.3) is 0 Å². The van der Waals surface area contributed by atoms with E-state index in [4.69, 9.17) is 0 Å². The predicted octanol–water partition coefficient (Wildman–Crippen LogP) is 4.06. The van der Waals surface area contributed by atoms with Crippen LogP contribution in [-0.4, -0.2) is 6.41 Å². The van der Waals surface area contributed by atoms with Gasteiger partial charge in [0.15, 0.2) is 0 Å². The van der Waals surface area contributed by atoms with Crippen LogP contribution in [0, 0.1) is 13.8 Å². The van der Waals surface area contributed by atoms with E-state index in [2.05, 4.69) is 36.4 Å². The second-order valence-corrected chi connectivity index (χ2v) is 5.60. The molecule has 0 saturated carbocycles. The van der Waals surface area contributed by atoms with Gasteiger partial charge in [-0.15, -0.1) is 0 Å². The van der Waals surface area contributed by atoms with Crippen LogP contribution >= 0.6 is 11.8 Å². The van der Waals surface area contributed by atoms with Gasteiger partial charge >= 0.3 is 0 Å². The molecular formula is C15H13NOS. The van der Waals surface area contributed by atoms with Crippen molar-refractivity contribution in [2.75, 3.05) is 4.90 Å². The van der Waals surface area contributed by atoms with Crippen molar-refractivity contribution in [2.24, 2.45) is 0 Å². The van der Waals surface area contributed by atoms with Crippen molar-refractivity contribution in [2.45, 2.75) is 23.6 Å². The van der Waals surface area contributed by atoms with E-state index in [0.29, 0.717) is 0 Å². The monoisotopic (exact) mass is 255 g/mol. The number of fused-ring (bicyclic) bond motifs is 2. The van der Waals surface area contributed by atoms with Crippen molar-refractivity contribution in [1.29, 1.82) is 0 Å². The molecular weight excluding hydrogens is 242 g/mol. The molecule has 3 rings (SSSR count). The molecule has 2 aromatic rings. The number of carbonyl (C=O) groups is 1. The zero-order valence-corrected chi connectivity index (χ0v) is 11.1. The lowest BCUT2D eigenvalue weighted by Gasteiger charge is -2.28. The van der Waals surface area contributed by atoms with Crippen LogP contribution in [-0.2, 0) is 4.79 Å². The molecule has 2 nitrogen and oxygen atoms in total. The molecule has 2 aromatic carbocycles. The molecule has 0 aromatic heterocycles. The van der Waals surface area contributed by atoms with E-state index in [1.807, 2.05) is 13.8 Å². The molecule has 0 unspecified atom stereocenters. The van der Waals surface area contributed by atoms with E-state index in [9.17, 15) is 4.79 Å². The number of amides is 1. The lowest BCUT2D eigenvalue weighted by molar-refractivity contribution is -0.106. The minimum Gasteiger partial charge on any atom is -0.281 e. The Hall–Kier alpha value is -1.74. The first kappa shape index (κ1) is 11.4. The number of benzene rings is 2. The maximum atomic E-state index is 11.4. The molecule has 0 spiro atoms. The van der Waals surface area contributed by atoms with Crippen LogP contribution in [0.1, 0.15) is 11.1 Å². The van der Waals surface area contributed by atoms with Crippen LogP contribution in [0.2, 0.25) is 0 Å². The van der Waals surface area contributed by atoms with Gasteiger partial charge in [-0.05, 0) is 49.2 Å². The van der Waals surface area contributed by atoms with Gasteiger partial charge in [0.2, 0.25) is 6.41 Å². The van der Waals surface area contributed by atoms with E-state index in [-0.39, 0.29) is 0 Å². The Kier molecular flexibility index (Phi) is 2.63. The van der Waals surface area contributed by atoms with Crippen LogP contribution < -0.4 is 4.90 Å². The molecule has 1 aliphatic rings. The molecule has 3 heteroatoms. The number of nitrogens with zero attached hydrogens (tertiary/aromatic N) is 1. The number of aryl methyl sites for hydroxylation is 2. The molecule has 0 radical (unpaired) electrons. The summed E-state index contributed by atoms with van der Waals surface area (Å²) in [6.07, 6.45) is 0.899. The lowest BCUT2D eigenvalue weighted by Crippen LogP contribution is -2.18. The van der Waals surface area contributed by atoms with Gasteiger partial charge in [-0.3, -0.25) is 9.69 Å². The van der Waals surface area contributed by atoms with Gasteiger partial charge in [0, 0.05) is 9.79 Å². The quantitative estimate of drug-likeness (QED) is 0.716. The summed E-state index contributed by atoms with van der Waals surface area (Å²) < 4.78 is 0. The van der Waals surface area contributed by atoms with Crippen LogP contribution in [0.15, 0.2) is 46.2 Å². The van der Waals surface area contributed by atoms with Gasteiger partial charge < -0.3 is 0 Å². The highest BCUT2D eigenvalue weighted by Crippen LogP contribution is 2.47. The third-order valence-corrected chi connectivity index (χ3v) is 4.20. The van der Waals surface area contributed by atoms with E-state index in [1.54, 1.807) is 16.7 Å². The average Bonchev–Trinajstić information content (AvgIpc) is 2.36. The number of carbonyl (C=O) groups excluding carboxylic acids is 1. The number of anilines is 2. The molecule has 1 aliphatic heterocycles. The van der Waals surface area contributed by atoms with Gasteiger partial charge in [0.25, 0.3) is 0 Å². The van der Waals surface area contributed by atoms with Gasteiger partial charge in [0.05, 0.1) is 11.4 Å². The smallest absolute Gasteiger partial charge is 0.218 e. The molecule has 90 valence electrons. The molecule has 0 fully saturated rings. The Balaban J connectivity index is 2.22. The molecule has 0 aliphatic carbocycles. The zero-order chi connectivity index (χ0) is 12.7. The second kappa shape index (κ2) is 4.18. The van der Waals surface area contributed by atoms with E-state index in [1.165, 1.54) is 0 Å². The summed E-state index contributed by atoms with van der Waals surface area (Å²) in [5.74, 6) is 0. The van der Waals surface area contributed by atoms with Crippen molar-refractivity contribution < 1.29 is 4.79 Å². The van der Waals surface area contributed by atoms with Crippen molar-refractivity contribution in [1.82, 2.24) is 0 Å². The second-order valence-electron chi connectivity index (χ2n) is 4.52. The summed E-state index contributed by atoms with van der Waals surface area (Å²) in [5.41, 5.74) is 4.29. The minimum atomic E-state index is 0.899. The van der Waals surface area contributed by atoms with Crippen LogP contribution in [0.5, 0.6) is 0 Å². The Bertz CT molecular complexity index is 585. The van der Waals surface area contributed by atoms with Crippen LogP contribution in [0.4, 0.5) is 11.4 Å². The van der Waals surface area contributed by atoms with Crippen molar-refractivity contribution >= 4 is 29.5 Å². The standard InChI is InChI=1S/C15H13NOS/c1-10-3-5-14-12(7-10)16(9-17)13-8-11(2)4-6-15(13)18-14/h3-9H,1-2H3. The maximum Gasteiger partial charge on any atom is 0.218 e. The predicted molar refractivity (Wildman–Crippen MR) is 74.7 cm³/mol. The minimum absolute atomic E-state index is 0.899. The Morgan fingerprint density at radius 3 is 1.89 bits per heavy atom. The molecule has 0 atom stereocenters. The molecule has 1 heterocycles. The zero-order valence-electron chi connectivity index (χ0n) is 10.3. The largest absolute Gasteiger partial charge is 0.281 e. The molecule has 0 N–H and O–H groups in total. The Morgan fingerprint density at radius 1 is 0.944 bits per heavy atom. The van der Waals surface area contributed by atoms with Crippen molar-refractivity contribution in [3.8, 4) is 0 Å². The summed E-state index contributed by atoms with van der Waals surface area (Å²) >= 11 is 1.72. The Morgan fingerprint density at radius 2 is 1.44 bits per heavy atom. The van der Waals surface area contributed by atoms with Crippen molar-refractivity contribution in [3.63, 3.8) is 0 Å².